The molecule has 5 nitrogen and oxygen atoms in total. The molecule has 0 aliphatic heterocycles. The molecule has 1 fully saturated rings. The fourth-order valence-corrected chi connectivity index (χ4v) is 2.57. The summed E-state index contributed by atoms with van der Waals surface area (Å²) in [5, 5.41) is 8.32. The molecule has 2 heterocycles. The molecule has 5 heteroatoms. The molecule has 16 heavy (non-hydrogen) atoms. The number of aromatic nitrogens is 5. The van der Waals surface area contributed by atoms with Crippen molar-refractivity contribution in [3.63, 3.8) is 0 Å². The van der Waals surface area contributed by atoms with Crippen LogP contribution in [-0.2, 0) is 0 Å². The van der Waals surface area contributed by atoms with Crippen molar-refractivity contribution in [2.45, 2.75) is 38.6 Å². The molecular formula is C11H15N5. The van der Waals surface area contributed by atoms with E-state index < -0.39 is 0 Å². The fraction of sp³-hybridized carbons (Fsp3) is 0.636. The molecule has 0 radical (unpaired) electrons. The zero-order valence-electron chi connectivity index (χ0n) is 9.37. The van der Waals surface area contributed by atoms with Crippen LogP contribution >= 0.6 is 0 Å². The predicted octanol–water partition coefficient (Wildman–Crippen LogP) is 1.97. The first-order valence-corrected chi connectivity index (χ1v) is 5.85. The first-order valence-electron chi connectivity index (χ1n) is 5.85. The van der Waals surface area contributed by atoms with Gasteiger partial charge in [0.25, 0.3) is 0 Å². The van der Waals surface area contributed by atoms with Gasteiger partial charge in [0.1, 0.15) is 6.33 Å². The maximum absolute atomic E-state index is 4.27. The molecule has 1 aliphatic rings. The number of fused-ring (bicyclic) bond motifs is 1. The lowest BCUT2D eigenvalue weighted by molar-refractivity contribution is 0.267. The van der Waals surface area contributed by atoms with Crippen LogP contribution in [0, 0.1) is 5.92 Å². The average Bonchev–Trinajstić information content (AvgIpc) is 2.72. The third-order valence-electron chi connectivity index (χ3n) is 3.39. The fourth-order valence-electron chi connectivity index (χ4n) is 2.57. The van der Waals surface area contributed by atoms with Gasteiger partial charge in [-0.05, 0) is 18.8 Å². The minimum atomic E-state index is 0.462. The number of hydrogen-bond donors (Lipinski definition) is 0. The Hall–Kier alpha value is -1.52. The molecule has 0 amide bonds. The molecule has 0 N–H and O–H groups in total. The Balaban J connectivity index is 1.99. The molecule has 2 aromatic heterocycles. The summed E-state index contributed by atoms with van der Waals surface area (Å²) in [4.78, 5) is 8.23. The lowest BCUT2D eigenvalue weighted by Crippen LogP contribution is -2.19. The van der Waals surface area contributed by atoms with Gasteiger partial charge in [0.2, 0.25) is 0 Å². The van der Waals surface area contributed by atoms with Gasteiger partial charge < -0.3 is 0 Å². The van der Waals surface area contributed by atoms with Crippen molar-refractivity contribution in [1.29, 1.82) is 0 Å². The van der Waals surface area contributed by atoms with Gasteiger partial charge in [-0.25, -0.2) is 14.6 Å². The highest BCUT2D eigenvalue weighted by Crippen LogP contribution is 2.32. The van der Waals surface area contributed by atoms with Gasteiger partial charge in [-0.3, -0.25) is 0 Å². The average molecular weight is 217 g/mol. The van der Waals surface area contributed by atoms with Crippen molar-refractivity contribution in [1.82, 2.24) is 25.0 Å². The van der Waals surface area contributed by atoms with E-state index in [1.165, 1.54) is 25.7 Å². The zero-order chi connectivity index (χ0) is 11.0. The van der Waals surface area contributed by atoms with Crippen LogP contribution in [0.2, 0.25) is 0 Å². The summed E-state index contributed by atoms with van der Waals surface area (Å²) in [5.41, 5.74) is 1.66. The second-order valence-electron chi connectivity index (χ2n) is 4.69. The topological polar surface area (TPSA) is 56.5 Å². The van der Waals surface area contributed by atoms with Crippen molar-refractivity contribution in [3.05, 3.63) is 12.5 Å². The molecule has 1 saturated carbocycles. The molecular weight excluding hydrogens is 202 g/mol. The lowest BCUT2D eigenvalue weighted by Gasteiger charge is -2.26. The van der Waals surface area contributed by atoms with Crippen LogP contribution in [0.1, 0.15) is 38.6 Å². The largest absolute Gasteiger partial charge is 0.242 e. The first-order chi connectivity index (χ1) is 7.84. The second kappa shape index (κ2) is 3.81. The van der Waals surface area contributed by atoms with E-state index in [0.717, 1.165) is 17.1 Å². The van der Waals surface area contributed by atoms with Crippen molar-refractivity contribution in [2.24, 2.45) is 5.92 Å². The van der Waals surface area contributed by atoms with E-state index in [9.17, 15) is 0 Å². The van der Waals surface area contributed by atoms with Crippen LogP contribution in [-0.4, -0.2) is 25.0 Å². The second-order valence-corrected chi connectivity index (χ2v) is 4.69. The highest BCUT2D eigenvalue weighted by atomic mass is 15.5. The Labute approximate surface area is 93.9 Å². The molecule has 1 aliphatic carbocycles. The predicted molar refractivity (Wildman–Crippen MR) is 59.8 cm³/mol. The van der Waals surface area contributed by atoms with E-state index >= 15 is 0 Å². The normalized spacial score (nSPS) is 26.1. The van der Waals surface area contributed by atoms with Gasteiger partial charge in [0.05, 0.1) is 12.2 Å². The van der Waals surface area contributed by atoms with Crippen molar-refractivity contribution >= 4 is 11.2 Å². The van der Waals surface area contributed by atoms with Crippen LogP contribution in [0.4, 0.5) is 0 Å². The highest BCUT2D eigenvalue weighted by molar-refractivity contribution is 5.67. The summed E-state index contributed by atoms with van der Waals surface area (Å²) in [7, 11) is 0. The van der Waals surface area contributed by atoms with Gasteiger partial charge in [-0.15, -0.1) is 5.10 Å². The Morgan fingerprint density at radius 2 is 2.31 bits per heavy atom. The summed E-state index contributed by atoms with van der Waals surface area (Å²) < 4.78 is 1.98. The van der Waals surface area contributed by atoms with Crippen LogP contribution < -0.4 is 0 Å². The van der Waals surface area contributed by atoms with Crippen LogP contribution in [0.15, 0.2) is 12.5 Å². The van der Waals surface area contributed by atoms with Crippen LogP contribution in [0.25, 0.3) is 11.2 Å². The molecule has 0 saturated heterocycles. The lowest BCUT2D eigenvalue weighted by atomic mass is 9.87. The van der Waals surface area contributed by atoms with E-state index in [0.29, 0.717) is 6.04 Å². The van der Waals surface area contributed by atoms with E-state index in [1.807, 2.05) is 4.68 Å². The molecule has 0 bridgehead atoms. The maximum atomic E-state index is 4.27. The summed E-state index contributed by atoms with van der Waals surface area (Å²) in [6.45, 7) is 2.31. The number of rotatable bonds is 1. The molecule has 0 aromatic carbocycles. The van der Waals surface area contributed by atoms with E-state index in [2.05, 4.69) is 27.2 Å². The third kappa shape index (κ3) is 1.56. The first kappa shape index (κ1) is 9.69. The molecule has 3 rings (SSSR count). The summed E-state index contributed by atoms with van der Waals surface area (Å²) in [6.07, 6.45) is 8.26. The molecule has 84 valence electrons. The summed E-state index contributed by atoms with van der Waals surface area (Å²) in [6, 6.07) is 0.462. The van der Waals surface area contributed by atoms with Gasteiger partial charge in [-0.2, -0.15) is 0 Å². The van der Waals surface area contributed by atoms with Gasteiger partial charge >= 0.3 is 0 Å². The van der Waals surface area contributed by atoms with Crippen molar-refractivity contribution < 1.29 is 0 Å². The standard InChI is InChI=1S/C11H15N5/c1-8-3-2-4-9(5-8)16-11-10(14-15-16)6-12-7-13-11/h6-9H,2-5H2,1H3/t8-,9-/m0/s1. The maximum Gasteiger partial charge on any atom is 0.181 e. The molecule has 2 atom stereocenters. The Morgan fingerprint density at radius 1 is 1.38 bits per heavy atom. The molecule has 0 spiro atoms. The number of hydrogen-bond acceptors (Lipinski definition) is 4. The highest BCUT2D eigenvalue weighted by Gasteiger charge is 2.23. The van der Waals surface area contributed by atoms with E-state index in [1.54, 1.807) is 12.5 Å². The smallest absolute Gasteiger partial charge is 0.181 e. The van der Waals surface area contributed by atoms with E-state index in [-0.39, 0.29) is 0 Å². The van der Waals surface area contributed by atoms with Crippen LogP contribution in [0.5, 0.6) is 0 Å². The Kier molecular flexibility index (Phi) is 2.31. The Bertz CT molecular complexity index is 492. The van der Waals surface area contributed by atoms with Crippen molar-refractivity contribution in [3.8, 4) is 0 Å². The summed E-state index contributed by atoms with van der Waals surface area (Å²) >= 11 is 0. The minimum Gasteiger partial charge on any atom is -0.242 e. The number of nitrogens with zero attached hydrogens (tertiary/aromatic N) is 5. The third-order valence-corrected chi connectivity index (χ3v) is 3.39. The van der Waals surface area contributed by atoms with E-state index in [4.69, 9.17) is 0 Å². The SMILES string of the molecule is C[C@H]1CCC[C@H](n2nnc3cncnc32)C1. The van der Waals surface area contributed by atoms with Crippen molar-refractivity contribution in [2.75, 3.05) is 0 Å². The molecule has 0 unspecified atom stereocenters. The van der Waals surface area contributed by atoms with Gasteiger partial charge in [0.15, 0.2) is 11.2 Å². The monoisotopic (exact) mass is 217 g/mol. The zero-order valence-corrected chi connectivity index (χ0v) is 9.37. The van der Waals surface area contributed by atoms with Crippen LogP contribution in [0.3, 0.4) is 0 Å². The quantitative estimate of drug-likeness (QED) is 0.732. The summed E-state index contributed by atoms with van der Waals surface area (Å²) in [5.74, 6) is 0.778. The Morgan fingerprint density at radius 3 is 3.19 bits per heavy atom. The van der Waals surface area contributed by atoms with Gasteiger partial charge in [0, 0.05) is 0 Å². The molecule has 2 aromatic rings. The minimum absolute atomic E-state index is 0.462. The van der Waals surface area contributed by atoms with Gasteiger partial charge in [-0.1, -0.05) is 25.0 Å².